The van der Waals surface area contributed by atoms with Crippen molar-refractivity contribution >= 4 is 11.6 Å². The second kappa shape index (κ2) is 6.76. The molecule has 0 aromatic heterocycles. The summed E-state index contributed by atoms with van der Waals surface area (Å²) in [5.41, 5.74) is 2.57. The van der Waals surface area contributed by atoms with E-state index in [9.17, 15) is 0 Å². The highest BCUT2D eigenvalue weighted by Crippen LogP contribution is 2.36. The molecule has 1 N–H and O–H groups in total. The van der Waals surface area contributed by atoms with Gasteiger partial charge in [0.1, 0.15) is 0 Å². The molecule has 0 radical (unpaired) electrons. The summed E-state index contributed by atoms with van der Waals surface area (Å²) in [6.45, 7) is 5.63. The highest BCUT2D eigenvalue weighted by molar-refractivity contribution is 6.31. The molecule has 3 atom stereocenters. The van der Waals surface area contributed by atoms with E-state index in [2.05, 4.69) is 44.4 Å². The van der Waals surface area contributed by atoms with Crippen LogP contribution in [0.25, 0.3) is 0 Å². The molecular weight excluding hydrogens is 254 g/mol. The van der Waals surface area contributed by atoms with Gasteiger partial charge in [-0.05, 0) is 74.7 Å². The minimum Gasteiger partial charge on any atom is -0.319 e. The Morgan fingerprint density at radius 2 is 2.05 bits per heavy atom. The fourth-order valence-corrected chi connectivity index (χ4v) is 3.75. The predicted molar refractivity (Wildman–Crippen MR) is 83.8 cm³/mol. The molecule has 0 saturated heterocycles. The molecule has 106 valence electrons. The van der Waals surface area contributed by atoms with Gasteiger partial charge in [0.2, 0.25) is 0 Å². The van der Waals surface area contributed by atoms with Gasteiger partial charge < -0.3 is 5.32 Å². The highest BCUT2D eigenvalue weighted by Gasteiger charge is 2.28. The quantitative estimate of drug-likeness (QED) is 0.858. The normalized spacial score (nSPS) is 27.5. The van der Waals surface area contributed by atoms with E-state index >= 15 is 0 Å². The standard InChI is InChI=1S/C17H26ClN/c1-12-5-7-15(11-19-3)16(8-12)10-14-6-4-13(2)9-17(14)18/h4,6,9,12,15-16,19H,5,7-8,10-11H2,1-3H3. The maximum Gasteiger partial charge on any atom is 0.0440 e. The summed E-state index contributed by atoms with van der Waals surface area (Å²) < 4.78 is 0. The first-order valence-corrected chi connectivity index (χ1v) is 7.87. The summed E-state index contributed by atoms with van der Waals surface area (Å²) in [5, 5.41) is 4.30. The minimum atomic E-state index is 0.774. The summed E-state index contributed by atoms with van der Waals surface area (Å²) in [5.74, 6) is 2.44. The first-order chi connectivity index (χ1) is 9.10. The van der Waals surface area contributed by atoms with E-state index in [0.717, 1.165) is 35.7 Å². The van der Waals surface area contributed by atoms with Crippen molar-refractivity contribution in [1.29, 1.82) is 0 Å². The zero-order chi connectivity index (χ0) is 13.8. The van der Waals surface area contributed by atoms with Crippen LogP contribution in [0.2, 0.25) is 5.02 Å². The van der Waals surface area contributed by atoms with Crippen LogP contribution in [-0.4, -0.2) is 13.6 Å². The predicted octanol–water partition coefficient (Wildman–Crippen LogP) is 4.46. The van der Waals surface area contributed by atoms with Crippen molar-refractivity contribution in [3.8, 4) is 0 Å². The molecule has 1 aromatic rings. The Hall–Kier alpha value is -0.530. The topological polar surface area (TPSA) is 12.0 Å². The molecule has 2 rings (SSSR count). The lowest BCUT2D eigenvalue weighted by atomic mass is 9.72. The third-order valence-electron chi connectivity index (χ3n) is 4.56. The monoisotopic (exact) mass is 279 g/mol. The second-order valence-corrected chi connectivity index (χ2v) is 6.70. The van der Waals surface area contributed by atoms with Crippen LogP contribution < -0.4 is 5.32 Å². The molecular formula is C17H26ClN. The molecule has 2 heteroatoms. The van der Waals surface area contributed by atoms with Crippen molar-refractivity contribution < 1.29 is 0 Å². The Balaban J connectivity index is 2.09. The van der Waals surface area contributed by atoms with Crippen LogP contribution in [0.4, 0.5) is 0 Å². The number of hydrogen-bond acceptors (Lipinski definition) is 1. The van der Waals surface area contributed by atoms with E-state index in [-0.39, 0.29) is 0 Å². The summed E-state index contributed by atoms with van der Waals surface area (Å²) in [7, 11) is 2.06. The Bertz CT molecular complexity index is 416. The maximum atomic E-state index is 6.39. The molecule has 0 amide bonds. The van der Waals surface area contributed by atoms with E-state index < -0.39 is 0 Å². The zero-order valence-electron chi connectivity index (χ0n) is 12.4. The lowest BCUT2D eigenvalue weighted by Crippen LogP contribution is -2.32. The van der Waals surface area contributed by atoms with Gasteiger partial charge in [0.15, 0.2) is 0 Å². The van der Waals surface area contributed by atoms with Crippen molar-refractivity contribution in [3.63, 3.8) is 0 Å². The lowest BCUT2D eigenvalue weighted by Gasteiger charge is -2.35. The lowest BCUT2D eigenvalue weighted by molar-refractivity contribution is 0.186. The Morgan fingerprint density at radius 3 is 2.74 bits per heavy atom. The molecule has 0 spiro atoms. The average molecular weight is 280 g/mol. The third kappa shape index (κ3) is 3.97. The second-order valence-electron chi connectivity index (χ2n) is 6.30. The van der Waals surface area contributed by atoms with Gasteiger partial charge >= 0.3 is 0 Å². The van der Waals surface area contributed by atoms with Gasteiger partial charge in [0.25, 0.3) is 0 Å². The van der Waals surface area contributed by atoms with Gasteiger partial charge in [-0.15, -0.1) is 0 Å². The van der Waals surface area contributed by atoms with Gasteiger partial charge in [-0.1, -0.05) is 37.1 Å². The Morgan fingerprint density at radius 1 is 1.26 bits per heavy atom. The molecule has 1 fully saturated rings. The van der Waals surface area contributed by atoms with E-state index in [1.165, 1.54) is 30.4 Å². The first kappa shape index (κ1) is 14.9. The summed E-state index contributed by atoms with van der Waals surface area (Å²) in [6, 6.07) is 6.49. The molecule has 0 heterocycles. The van der Waals surface area contributed by atoms with Gasteiger partial charge in [-0.2, -0.15) is 0 Å². The zero-order valence-corrected chi connectivity index (χ0v) is 13.1. The van der Waals surface area contributed by atoms with Crippen LogP contribution in [-0.2, 0) is 6.42 Å². The third-order valence-corrected chi connectivity index (χ3v) is 4.91. The molecule has 0 bridgehead atoms. The van der Waals surface area contributed by atoms with Crippen LogP contribution in [0, 0.1) is 24.7 Å². The van der Waals surface area contributed by atoms with Crippen LogP contribution >= 0.6 is 11.6 Å². The fourth-order valence-electron chi connectivity index (χ4n) is 3.44. The molecule has 3 unspecified atom stereocenters. The van der Waals surface area contributed by atoms with Crippen molar-refractivity contribution in [3.05, 3.63) is 34.3 Å². The summed E-state index contributed by atoms with van der Waals surface area (Å²) in [6.07, 6.45) is 5.22. The van der Waals surface area contributed by atoms with Gasteiger partial charge in [-0.25, -0.2) is 0 Å². The number of nitrogens with one attached hydrogen (secondary N) is 1. The van der Waals surface area contributed by atoms with Crippen LogP contribution in [0.1, 0.15) is 37.3 Å². The number of halogens is 1. The van der Waals surface area contributed by atoms with E-state index in [4.69, 9.17) is 11.6 Å². The Kier molecular flexibility index (Phi) is 5.29. The van der Waals surface area contributed by atoms with Crippen molar-refractivity contribution in [1.82, 2.24) is 5.32 Å². The van der Waals surface area contributed by atoms with Crippen LogP contribution in [0.15, 0.2) is 18.2 Å². The van der Waals surface area contributed by atoms with Crippen molar-refractivity contribution in [2.45, 2.75) is 39.5 Å². The number of benzene rings is 1. The first-order valence-electron chi connectivity index (χ1n) is 7.49. The molecule has 1 aromatic carbocycles. The average Bonchev–Trinajstić information content (AvgIpc) is 2.36. The van der Waals surface area contributed by atoms with Crippen molar-refractivity contribution in [2.75, 3.05) is 13.6 Å². The maximum absolute atomic E-state index is 6.39. The number of aryl methyl sites for hydroxylation is 1. The molecule has 1 aliphatic rings. The fraction of sp³-hybridized carbons (Fsp3) is 0.647. The summed E-state index contributed by atoms with van der Waals surface area (Å²) in [4.78, 5) is 0. The SMILES string of the molecule is CNCC1CCC(C)CC1Cc1ccc(C)cc1Cl. The number of rotatable bonds is 4. The number of hydrogen-bond donors (Lipinski definition) is 1. The van der Waals surface area contributed by atoms with E-state index in [0.29, 0.717) is 0 Å². The molecule has 1 aliphatic carbocycles. The van der Waals surface area contributed by atoms with Crippen molar-refractivity contribution in [2.24, 2.45) is 17.8 Å². The van der Waals surface area contributed by atoms with Gasteiger partial charge in [0, 0.05) is 5.02 Å². The summed E-state index contributed by atoms with van der Waals surface area (Å²) >= 11 is 6.39. The van der Waals surface area contributed by atoms with Gasteiger partial charge in [-0.3, -0.25) is 0 Å². The highest BCUT2D eigenvalue weighted by atomic mass is 35.5. The largest absolute Gasteiger partial charge is 0.319 e. The van der Waals surface area contributed by atoms with E-state index in [1.807, 2.05) is 0 Å². The van der Waals surface area contributed by atoms with Crippen LogP contribution in [0.5, 0.6) is 0 Å². The molecule has 1 saturated carbocycles. The molecule has 19 heavy (non-hydrogen) atoms. The smallest absolute Gasteiger partial charge is 0.0440 e. The Labute approximate surface area is 122 Å². The molecule has 0 aliphatic heterocycles. The van der Waals surface area contributed by atoms with Crippen LogP contribution in [0.3, 0.4) is 0 Å². The van der Waals surface area contributed by atoms with Gasteiger partial charge in [0.05, 0.1) is 0 Å². The molecule has 1 nitrogen and oxygen atoms in total. The minimum absolute atomic E-state index is 0.774. The van der Waals surface area contributed by atoms with E-state index in [1.54, 1.807) is 0 Å².